The predicted octanol–water partition coefficient (Wildman–Crippen LogP) is 7.88. The van der Waals surface area contributed by atoms with Crippen molar-refractivity contribution in [2.45, 2.75) is 77.6 Å². The Balaban J connectivity index is 0.000000397. The average molecular weight is 521 g/mol. The lowest BCUT2D eigenvalue weighted by molar-refractivity contribution is -0.0888. The van der Waals surface area contributed by atoms with E-state index in [2.05, 4.69) is 6.92 Å². The molecule has 2 rings (SSSR count). The van der Waals surface area contributed by atoms with E-state index in [0.29, 0.717) is 17.5 Å². The van der Waals surface area contributed by atoms with Gasteiger partial charge in [-0.05, 0) is 43.0 Å². The molecule has 0 aliphatic carbocycles. The largest absolute Gasteiger partial charge is 0.508 e. The third kappa shape index (κ3) is 9.91. The van der Waals surface area contributed by atoms with Gasteiger partial charge < -0.3 is 10.2 Å². The second-order valence-electron chi connectivity index (χ2n) is 8.34. The molecule has 0 atom stereocenters. The molecular weight excluding hydrogens is 490 g/mol. The minimum atomic E-state index is -4.96. The van der Waals surface area contributed by atoms with Gasteiger partial charge in [0.1, 0.15) is 11.5 Å². The Kier molecular flexibility index (Phi) is 12.0. The predicted molar refractivity (Wildman–Crippen MR) is 123 cm³/mol. The van der Waals surface area contributed by atoms with Crippen molar-refractivity contribution in [3.8, 4) is 11.5 Å². The molecular formula is C26H30F6O4. The van der Waals surface area contributed by atoms with Gasteiger partial charge >= 0.3 is 12.4 Å². The number of unbranched alkanes of at least 4 members (excludes halogenated alkanes) is 6. The number of carbonyl (C=O) groups is 2. The number of carbonyl (C=O) groups excluding carboxylic acids is 2. The molecule has 2 N–H and O–H groups in total. The first-order valence-electron chi connectivity index (χ1n) is 11.5. The third-order valence-electron chi connectivity index (χ3n) is 5.40. The van der Waals surface area contributed by atoms with Crippen LogP contribution in [0.4, 0.5) is 26.3 Å². The maximum absolute atomic E-state index is 12.4. The molecule has 2 aromatic carbocycles. The van der Waals surface area contributed by atoms with E-state index in [1.54, 1.807) is 6.07 Å². The van der Waals surface area contributed by atoms with Gasteiger partial charge in [-0.2, -0.15) is 26.3 Å². The van der Waals surface area contributed by atoms with E-state index in [0.717, 1.165) is 43.9 Å². The molecule has 0 radical (unpaired) electrons. The summed E-state index contributed by atoms with van der Waals surface area (Å²) < 4.78 is 73.1. The summed E-state index contributed by atoms with van der Waals surface area (Å²) in [5.74, 6) is -4.80. The summed E-state index contributed by atoms with van der Waals surface area (Å²) in [6, 6.07) is 7.07. The molecule has 0 bridgehead atoms. The number of halogens is 6. The topological polar surface area (TPSA) is 74.6 Å². The van der Waals surface area contributed by atoms with E-state index >= 15 is 0 Å². The van der Waals surface area contributed by atoms with E-state index in [-0.39, 0.29) is 5.75 Å². The van der Waals surface area contributed by atoms with E-state index in [9.17, 15) is 41.0 Å². The highest BCUT2D eigenvalue weighted by Gasteiger charge is 2.41. The van der Waals surface area contributed by atoms with Crippen LogP contribution < -0.4 is 0 Å². The van der Waals surface area contributed by atoms with Gasteiger partial charge in [-0.25, -0.2) is 0 Å². The first-order valence-corrected chi connectivity index (χ1v) is 11.5. The Morgan fingerprint density at radius 1 is 0.778 bits per heavy atom. The number of para-hydroxylation sites is 1. The lowest BCUT2D eigenvalue weighted by Crippen LogP contribution is -2.23. The molecule has 0 aliphatic heterocycles. The Morgan fingerprint density at radius 2 is 1.33 bits per heavy atom. The lowest BCUT2D eigenvalue weighted by Gasteiger charge is -2.10. The number of benzene rings is 2. The fourth-order valence-corrected chi connectivity index (χ4v) is 3.32. The number of hydrogen-bond acceptors (Lipinski definition) is 4. The van der Waals surface area contributed by atoms with Crippen LogP contribution in [0.2, 0.25) is 0 Å². The lowest BCUT2D eigenvalue weighted by atomic mass is 10.00. The van der Waals surface area contributed by atoms with Crippen LogP contribution in [-0.4, -0.2) is 34.1 Å². The van der Waals surface area contributed by atoms with Crippen molar-refractivity contribution in [1.29, 1.82) is 0 Å². The van der Waals surface area contributed by atoms with Crippen molar-refractivity contribution >= 4 is 11.6 Å². The van der Waals surface area contributed by atoms with Gasteiger partial charge in [0.2, 0.25) is 0 Å². The Bertz CT molecular complexity index is 1010. The molecule has 200 valence electrons. The van der Waals surface area contributed by atoms with E-state index < -0.39 is 40.8 Å². The Hall–Kier alpha value is -3.04. The van der Waals surface area contributed by atoms with Gasteiger partial charge in [-0.3, -0.25) is 9.59 Å². The quantitative estimate of drug-likeness (QED) is 0.190. The highest BCUT2D eigenvalue weighted by molar-refractivity contribution is 6.02. The van der Waals surface area contributed by atoms with Gasteiger partial charge in [0, 0.05) is 5.56 Å². The molecule has 0 aromatic heterocycles. The number of Topliss-reactive ketones (excluding diaryl/α,β-unsaturated/α-hetero) is 2. The first-order chi connectivity index (χ1) is 16.7. The summed E-state index contributed by atoms with van der Waals surface area (Å²) in [4.78, 5) is 21.9. The van der Waals surface area contributed by atoms with Crippen LogP contribution in [0.3, 0.4) is 0 Å². The number of hydrogen-bond donors (Lipinski definition) is 2. The number of alkyl halides is 6. The molecule has 0 spiro atoms. The molecule has 36 heavy (non-hydrogen) atoms. The van der Waals surface area contributed by atoms with Gasteiger partial charge in [0.25, 0.3) is 11.6 Å². The molecule has 0 fully saturated rings. The summed E-state index contributed by atoms with van der Waals surface area (Å²) in [5, 5.41) is 19.0. The molecule has 2 aromatic rings. The number of phenols is 2. The molecule has 0 unspecified atom stereocenters. The molecule has 10 heteroatoms. The monoisotopic (exact) mass is 520 g/mol. The minimum absolute atomic E-state index is 0.319. The molecule has 0 saturated carbocycles. The minimum Gasteiger partial charge on any atom is -0.508 e. The Labute approximate surface area is 206 Å². The molecule has 0 heterocycles. The molecule has 0 amide bonds. The van der Waals surface area contributed by atoms with Gasteiger partial charge in [-0.1, -0.05) is 69.7 Å². The summed E-state index contributed by atoms with van der Waals surface area (Å²) >= 11 is 0. The highest BCUT2D eigenvalue weighted by atomic mass is 19.4. The molecule has 4 nitrogen and oxygen atoms in total. The fraction of sp³-hybridized carbons (Fsp3) is 0.462. The van der Waals surface area contributed by atoms with Crippen LogP contribution in [0, 0.1) is 6.92 Å². The van der Waals surface area contributed by atoms with Gasteiger partial charge in [-0.15, -0.1) is 0 Å². The summed E-state index contributed by atoms with van der Waals surface area (Å²) in [6.07, 6.45) is -1.75. The van der Waals surface area contributed by atoms with Gasteiger partial charge in [0.15, 0.2) is 0 Å². The van der Waals surface area contributed by atoms with Crippen LogP contribution in [0.1, 0.15) is 83.7 Å². The van der Waals surface area contributed by atoms with Crippen LogP contribution in [0.25, 0.3) is 0 Å². The van der Waals surface area contributed by atoms with Crippen molar-refractivity contribution < 1.29 is 46.1 Å². The van der Waals surface area contributed by atoms with Crippen LogP contribution in [0.5, 0.6) is 11.5 Å². The second-order valence-corrected chi connectivity index (χ2v) is 8.34. The van der Waals surface area contributed by atoms with E-state index in [4.69, 9.17) is 5.11 Å². The number of rotatable bonds is 10. The number of phenolic OH excluding ortho intramolecular Hbond substituents is 2. The van der Waals surface area contributed by atoms with Gasteiger partial charge in [0.05, 0.1) is 5.56 Å². The summed E-state index contributed by atoms with van der Waals surface area (Å²) in [5.41, 5.74) is -0.388. The number of aromatic hydroxyl groups is 2. The molecule has 0 aliphatic rings. The van der Waals surface area contributed by atoms with Crippen LogP contribution in [-0.2, 0) is 6.42 Å². The van der Waals surface area contributed by atoms with Crippen molar-refractivity contribution in [2.75, 3.05) is 0 Å². The van der Waals surface area contributed by atoms with Crippen molar-refractivity contribution in [1.82, 2.24) is 0 Å². The maximum Gasteiger partial charge on any atom is 0.455 e. The van der Waals surface area contributed by atoms with Crippen LogP contribution >= 0.6 is 0 Å². The van der Waals surface area contributed by atoms with E-state index in [1.807, 2.05) is 0 Å². The smallest absolute Gasteiger partial charge is 0.455 e. The zero-order valence-corrected chi connectivity index (χ0v) is 20.1. The summed E-state index contributed by atoms with van der Waals surface area (Å²) in [6.45, 7) is 3.68. The van der Waals surface area contributed by atoms with Crippen molar-refractivity contribution in [3.63, 3.8) is 0 Å². The van der Waals surface area contributed by atoms with Crippen molar-refractivity contribution in [2.24, 2.45) is 0 Å². The number of aryl methyl sites for hydroxylation is 2. The standard InChI is InChI=1S/C17H23F3O2.C9H7F3O2/c1-2-3-4-5-6-7-8-10-13-11-9-12-14(15(13)21)16(22)17(18,19)20;1-5-2-3-6(4-7(5)13)8(14)9(10,11)12/h9,11-12,21H,2-8,10H2,1H3;2-4,13H,1H3. The summed E-state index contributed by atoms with van der Waals surface area (Å²) in [7, 11) is 0. The SMILES string of the molecule is CCCCCCCCCc1cccc(C(=O)C(F)(F)F)c1O.Cc1ccc(C(=O)C(F)(F)F)cc1O. The second kappa shape index (κ2) is 13.9. The van der Waals surface area contributed by atoms with Crippen LogP contribution in [0.15, 0.2) is 36.4 Å². The zero-order chi connectivity index (χ0) is 27.5. The average Bonchev–Trinajstić information content (AvgIpc) is 2.79. The zero-order valence-electron chi connectivity index (χ0n) is 20.1. The maximum atomic E-state index is 12.4. The first kappa shape index (κ1) is 31.0. The molecule has 0 saturated heterocycles. The normalized spacial score (nSPS) is 11.6. The van der Waals surface area contributed by atoms with Crippen molar-refractivity contribution in [3.05, 3.63) is 58.7 Å². The number of ketones is 2. The Morgan fingerprint density at radius 3 is 1.86 bits per heavy atom. The third-order valence-corrected chi connectivity index (χ3v) is 5.40. The van der Waals surface area contributed by atoms with E-state index in [1.165, 1.54) is 38.3 Å². The fourth-order valence-electron chi connectivity index (χ4n) is 3.32. The highest BCUT2D eigenvalue weighted by Crippen LogP contribution is 2.30.